The number of imide groups is 2. The molecule has 11 heteroatoms. The molecule has 184 valence electrons. The molecule has 0 aromatic heterocycles. The first-order valence-corrected chi connectivity index (χ1v) is 12.4. The van der Waals surface area contributed by atoms with Crippen LogP contribution < -0.4 is 24.4 Å². The summed E-state index contributed by atoms with van der Waals surface area (Å²) < 4.78 is 17.6. The second-order valence-electron chi connectivity index (χ2n) is 7.87. The van der Waals surface area contributed by atoms with Crippen LogP contribution in [-0.4, -0.2) is 24.6 Å². The second kappa shape index (κ2) is 10.1. The van der Waals surface area contributed by atoms with Gasteiger partial charge in [0, 0.05) is 11.6 Å². The summed E-state index contributed by atoms with van der Waals surface area (Å²) in [4.78, 5) is 39.2. The van der Waals surface area contributed by atoms with Gasteiger partial charge in [0.2, 0.25) is 6.79 Å². The van der Waals surface area contributed by atoms with Gasteiger partial charge in [0.15, 0.2) is 11.5 Å². The third-order valence-corrected chi connectivity index (χ3v) is 6.74. The van der Waals surface area contributed by atoms with Crippen molar-refractivity contribution in [2.24, 2.45) is 0 Å². The van der Waals surface area contributed by atoms with Gasteiger partial charge in [0.25, 0.3) is 11.8 Å². The van der Waals surface area contributed by atoms with Crippen molar-refractivity contribution < 1.29 is 28.6 Å². The number of nitrogens with zero attached hydrogens (tertiary/aromatic N) is 2. The molecule has 3 aromatic rings. The molecule has 0 atom stereocenters. The van der Waals surface area contributed by atoms with E-state index in [-0.39, 0.29) is 24.7 Å². The highest BCUT2D eigenvalue weighted by Crippen LogP contribution is 2.38. The van der Waals surface area contributed by atoms with Crippen molar-refractivity contribution >= 4 is 61.5 Å². The minimum absolute atomic E-state index is 0.0386. The molecule has 1 N–H and O–H groups in total. The molecular weight excluding hydrogens is 610 g/mol. The Labute approximate surface area is 227 Å². The van der Waals surface area contributed by atoms with Gasteiger partial charge in [-0.25, -0.2) is 9.69 Å². The average molecular weight is 625 g/mol. The van der Waals surface area contributed by atoms with Gasteiger partial charge in [0.05, 0.1) is 26.3 Å². The largest absolute Gasteiger partial charge is 0.486 e. The van der Waals surface area contributed by atoms with Crippen LogP contribution >= 0.6 is 31.9 Å². The number of amides is 4. The third kappa shape index (κ3) is 4.81. The standard InChI is InChI=1S/C26H15Br2N3O6/c27-19-8-14(9-20(28)23(19)35-12-16-4-2-1-3-15(16)11-29)7-18-24(32)30-26(34)31(25(18)33)17-5-6-21-22(10-17)37-13-36-21/h1-10H,12-13H2,(H,30,32,34)/b18-7+. The van der Waals surface area contributed by atoms with E-state index in [0.29, 0.717) is 37.3 Å². The van der Waals surface area contributed by atoms with Gasteiger partial charge in [0.1, 0.15) is 17.9 Å². The number of nitriles is 1. The smallest absolute Gasteiger partial charge is 0.335 e. The Morgan fingerprint density at radius 1 is 1.03 bits per heavy atom. The number of barbiturate groups is 1. The number of hydrogen-bond acceptors (Lipinski definition) is 7. The first kappa shape index (κ1) is 24.5. The number of halogens is 2. The SMILES string of the molecule is N#Cc1ccccc1COc1c(Br)cc(/C=C2\C(=O)NC(=O)N(c3ccc4c(c3)OCO4)C2=O)cc1Br. The quantitative estimate of drug-likeness (QED) is 0.311. The van der Waals surface area contributed by atoms with Crippen LogP contribution in [0.15, 0.2) is 69.1 Å². The first-order chi connectivity index (χ1) is 17.9. The van der Waals surface area contributed by atoms with Gasteiger partial charge in [-0.2, -0.15) is 5.26 Å². The monoisotopic (exact) mass is 623 g/mol. The van der Waals surface area contributed by atoms with Gasteiger partial charge in [-0.05, 0) is 73.8 Å². The Hall–Kier alpha value is -4.14. The van der Waals surface area contributed by atoms with Gasteiger partial charge in [-0.1, -0.05) is 18.2 Å². The molecule has 0 spiro atoms. The number of carbonyl (C=O) groups is 3. The van der Waals surface area contributed by atoms with E-state index in [1.54, 1.807) is 36.4 Å². The van der Waals surface area contributed by atoms with E-state index >= 15 is 0 Å². The predicted molar refractivity (Wildman–Crippen MR) is 139 cm³/mol. The second-order valence-corrected chi connectivity index (χ2v) is 9.58. The van der Waals surface area contributed by atoms with E-state index in [2.05, 4.69) is 43.2 Å². The summed E-state index contributed by atoms with van der Waals surface area (Å²) in [6, 6.07) is 16.3. The van der Waals surface area contributed by atoms with E-state index in [4.69, 9.17) is 14.2 Å². The minimum atomic E-state index is -0.866. The van der Waals surface area contributed by atoms with Crippen molar-refractivity contribution in [2.45, 2.75) is 6.61 Å². The Balaban J connectivity index is 1.41. The summed E-state index contributed by atoms with van der Waals surface area (Å²) in [5.74, 6) is -0.234. The zero-order valence-electron chi connectivity index (χ0n) is 18.8. The van der Waals surface area contributed by atoms with E-state index < -0.39 is 17.8 Å². The molecule has 9 nitrogen and oxygen atoms in total. The lowest BCUT2D eigenvalue weighted by molar-refractivity contribution is -0.122. The molecule has 0 saturated carbocycles. The highest BCUT2D eigenvalue weighted by atomic mass is 79.9. The lowest BCUT2D eigenvalue weighted by Crippen LogP contribution is -2.54. The number of nitrogens with one attached hydrogen (secondary N) is 1. The van der Waals surface area contributed by atoms with Crippen molar-refractivity contribution in [1.29, 1.82) is 5.26 Å². The molecule has 0 radical (unpaired) electrons. The highest BCUT2D eigenvalue weighted by molar-refractivity contribution is 9.11. The van der Waals surface area contributed by atoms with Crippen molar-refractivity contribution in [1.82, 2.24) is 5.32 Å². The minimum Gasteiger partial charge on any atom is -0.486 e. The zero-order valence-corrected chi connectivity index (χ0v) is 22.0. The molecule has 0 unspecified atom stereocenters. The van der Waals surface area contributed by atoms with Crippen molar-refractivity contribution in [3.05, 3.63) is 85.8 Å². The van der Waals surface area contributed by atoms with E-state index in [1.165, 1.54) is 18.2 Å². The summed E-state index contributed by atoms with van der Waals surface area (Å²) in [6.07, 6.45) is 1.38. The highest BCUT2D eigenvalue weighted by Gasteiger charge is 2.37. The molecule has 0 aliphatic carbocycles. The van der Waals surface area contributed by atoms with E-state index in [9.17, 15) is 19.6 Å². The number of urea groups is 1. The molecule has 0 bridgehead atoms. The Morgan fingerprint density at radius 2 is 1.76 bits per heavy atom. The molecule has 2 heterocycles. The maximum atomic E-state index is 13.2. The topological polar surface area (TPSA) is 118 Å². The van der Waals surface area contributed by atoms with Gasteiger partial charge >= 0.3 is 6.03 Å². The number of ether oxygens (including phenoxy) is 3. The number of anilines is 1. The van der Waals surface area contributed by atoms with Crippen LogP contribution in [-0.2, 0) is 16.2 Å². The average Bonchev–Trinajstić information content (AvgIpc) is 3.34. The summed E-state index contributed by atoms with van der Waals surface area (Å²) >= 11 is 6.93. The third-order valence-electron chi connectivity index (χ3n) is 5.56. The lowest BCUT2D eigenvalue weighted by atomic mass is 10.1. The van der Waals surface area contributed by atoms with Crippen LogP contribution in [0.4, 0.5) is 10.5 Å². The van der Waals surface area contributed by atoms with Crippen LogP contribution in [0.2, 0.25) is 0 Å². The van der Waals surface area contributed by atoms with Gasteiger partial charge in [-0.3, -0.25) is 14.9 Å². The number of fused-ring (bicyclic) bond motifs is 1. The molecule has 2 aliphatic rings. The van der Waals surface area contributed by atoms with Crippen LogP contribution in [0.25, 0.3) is 6.08 Å². The summed E-state index contributed by atoms with van der Waals surface area (Å²) in [5, 5.41) is 11.5. The fraction of sp³-hybridized carbons (Fsp3) is 0.0769. The molecule has 37 heavy (non-hydrogen) atoms. The fourth-order valence-electron chi connectivity index (χ4n) is 3.79. The summed E-state index contributed by atoms with van der Waals surface area (Å²) in [6.45, 7) is 0.200. The van der Waals surface area contributed by atoms with Crippen LogP contribution in [0.1, 0.15) is 16.7 Å². The van der Waals surface area contributed by atoms with Crippen LogP contribution in [0, 0.1) is 11.3 Å². The lowest BCUT2D eigenvalue weighted by Gasteiger charge is -2.26. The van der Waals surface area contributed by atoms with Crippen LogP contribution in [0.5, 0.6) is 17.2 Å². The van der Waals surface area contributed by atoms with Gasteiger partial charge in [-0.15, -0.1) is 0 Å². The number of hydrogen-bond donors (Lipinski definition) is 1. The molecule has 2 aliphatic heterocycles. The molecule has 5 rings (SSSR count). The Kier molecular flexibility index (Phi) is 6.69. The summed E-state index contributed by atoms with van der Waals surface area (Å²) in [7, 11) is 0. The Bertz CT molecular complexity index is 1520. The maximum Gasteiger partial charge on any atom is 0.335 e. The molecule has 4 amide bonds. The fourth-order valence-corrected chi connectivity index (χ4v) is 5.24. The van der Waals surface area contributed by atoms with Crippen molar-refractivity contribution in [2.75, 3.05) is 11.7 Å². The molecule has 3 aromatic carbocycles. The normalized spacial score (nSPS) is 15.5. The van der Waals surface area contributed by atoms with E-state index in [0.717, 1.165) is 10.5 Å². The maximum absolute atomic E-state index is 13.2. The van der Waals surface area contributed by atoms with Gasteiger partial charge < -0.3 is 14.2 Å². The first-order valence-electron chi connectivity index (χ1n) is 10.8. The molecular formula is C26H15Br2N3O6. The predicted octanol–water partition coefficient (Wildman–Crippen LogP) is 5.06. The molecule has 1 fully saturated rings. The van der Waals surface area contributed by atoms with E-state index in [1.807, 2.05) is 6.07 Å². The van der Waals surface area contributed by atoms with Crippen molar-refractivity contribution in [3.8, 4) is 23.3 Å². The Morgan fingerprint density at radius 3 is 2.51 bits per heavy atom. The molecule has 1 saturated heterocycles. The van der Waals surface area contributed by atoms with Crippen molar-refractivity contribution in [3.63, 3.8) is 0 Å². The summed E-state index contributed by atoms with van der Waals surface area (Å²) in [5.41, 5.74) is 1.75. The number of rotatable bonds is 5. The zero-order chi connectivity index (χ0) is 26.1. The van der Waals surface area contributed by atoms with Crippen LogP contribution in [0.3, 0.4) is 0 Å². The number of carbonyl (C=O) groups excluding carboxylic acids is 3. The number of benzene rings is 3.